The Morgan fingerprint density at radius 3 is 2.45 bits per heavy atom. The molecule has 20 heavy (non-hydrogen) atoms. The summed E-state index contributed by atoms with van der Waals surface area (Å²) >= 11 is 3.07. The summed E-state index contributed by atoms with van der Waals surface area (Å²) in [6.45, 7) is -0.0565. The third-order valence-corrected chi connectivity index (χ3v) is 3.92. The molecule has 0 aromatic heterocycles. The van der Waals surface area contributed by atoms with Gasteiger partial charge >= 0.3 is 6.18 Å². The van der Waals surface area contributed by atoms with Crippen molar-refractivity contribution in [1.82, 2.24) is 4.90 Å². The number of anilines is 1. The van der Waals surface area contributed by atoms with E-state index in [2.05, 4.69) is 21.2 Å². The van der Waals surface area contributed by atoms with E-state index in [0.29, 0.717) is 36.1 Å². The first-order valence-electron chi connectivity index (χ1n) is 6.34. The zero-order valence-corrected chi connectivity index (χ0v) is 12.3. The van der Waals surface area contributed by atoms with Crippen molar-refractivity contribution >= 4 is 21.6 Å². The highest BCUT2D eigenvalue weighted by Gasteiger charge is 2.32. The van der Waals surface area contributed by atoms with Crippen LogP contribution in [0.15, 0.2) is 22.7 Å². The van der Waals surface area contributed by atoms with Crippen molar-refractivity contribution in [2.24, 2.45) is 0 Å². The van der Waals surface area contributed by atoms with Gasteiger partial charge in [0.15, 0.2) is 0 Å². The van der Waals surface area contributed by atoms with E-state index in [1.807, 2.05) is 0 Å². The average molecular weight is 355 g/mol. The molecule has 112 valence electrons. The molecule has 1 saturated heterocycles. The second kappa shape index (κ2) is 6.30. The second-order valence-electron chi connectivity index (χ2n) is 4.94. The molecule has 0 bridgehead atoms. The zero-order valence-electron chi connectivity index (χ0n) is 10.7. The van der Waals surface area contributed by atoms with Crippen molar-refractivity contribution in [3.8, 4) is 0 Å². The van der Waals surface area contributed by atoms with Crippen LogP contribution in [0.2, 0.25) is 0 Å². The second-order valence-corrected chi connectivity index (χ2v) is 5.79. The number of benzene rings is 1. The van der Waals surface area contributed by atoms with Crippen molar-refractivity contribution in [3.63, 3.8) is 0 Å². The Morgan fingerprint density at radius 2 is 1.90 bits per heavy atom. The van der Waals surface area contributed by atoms with Gasteiger partial charge in [-0.25, -0.2) is 4.39 Å². The van der Waals surface area contributed by atoms with Crippen molar-refractivity contribution in [2.45, 2.75) is 25.1 Å². The van der Waals surface area contributed by atoms with E-state index in [1.54, 1.807) is 12.1 Å². The zero-order chi connectivity index (χ0) is 14.8. The van der Waals surface area contributed by atoms with Crippen molar-refractivity contribution in [2.75, 3.05) is 25.0 Å². The number of alkyl halides is 3. The molecule has 2 nitrogen and oxygen atoms in total. The van der Waals surface area contributed by atoms with Crippen LogP contribution in [0.25, 0.3) is 0 Å². The molecule has 1 aliphatic heterocycles. The molecule has 0 radical (unpaired) electrons. The Hall–Kier alpha value is -0.820. The molecule has 0 amide bonds. The van der Waals surface area contributed by atoms with E-state index in [-0.39, 0.29) is 11.9 Å². The van der Waals surface area contributed by atoms with Gasteiger partial charge in [-0.05, 0) is 47.0 Å². The molecular weight excluding hydrogens is 340 g/mol. The lowest BCUT2D eigenvalue weighted by atomic mass is 10.0. The van der Waals surface area contributed by atoms with Crippen LogP contribution in [0.1, 0.15) is 12.8 Å². The third-order valence-electron chi connectivity index (χ3n) is 3.28. The minimum absolute atomic E-state index is 0.0834. The van der Waals surface area contributed by atoms with Gasteiger partial charge in [-0.1, -0.05) is 0 Å². The van der Waals surface area contributed by atoms with Crippen molar-refractivity contribution in [3.05, 3.63) is 28.5 Å². The van der Waals surface area contributed by atoms with Gasteiger partial charge < -0.3 is 5.32 Å². The Labute approximate surface area is 123 Å². The number of likely N-dealkylation sites (tertiary alicyclic amines) is 1. The predicted molar refractivity (Wildman–Crippen MR) is 73.2 cm³/mol. The summed E-state index contributed by atoms with van der Waals surface area (Å²) in [5, 5.41) is 3.16. The van der Waals surface area contributed by atoms with E-state index < -0.39 is 12.7 Å². The summed E-state index contributed by atoms with van der Waals surface area (Å²) in [5.74, 6) is -0.357. The lowest BCUT2D eigenvalue weighted by Gasteiger charge is -2.33. The summed E-state index contributed by atoms with van der Waals surface area (Å²) in [6, 6.07) is 4.82. The fraction of sp³-hybridized carbons (Fsp3) is 0.538. The molecule has 1 aromatic rings. The van der Waals surface area contributed by atoms with E-state index in [1.165, 1.54) is 11.0 Å². The molecule has 0 atom stereocenters. The smallest absolute Gasteiger partial charge is 0.382 e. The highest BCUT2D eigenvalue weighted by molar-refractivity contribution is 9.10. The topological polar surface area (TPSA) is 15.3 Å². The summed E-state index contributed by atoms with van der Waals surface area (Å²) in [4.78, 5) is 1.40. The maximum atomic E-state index is 13.4. The largest absolute Gasteiger partial charge is 0.401 e. The molecule has 2 rings (SSSR count). The molecule has 1 aliphatic rings. The molecular formula is C13H15BrF4N2. The third kappa shape index (κ3) is 4.63. The monoisotopic (exact) mass is 354 g/mol. The van der Waals surface area contributed by atoms with E-state index in [9.17, 15) is 17.6 Å². The first-order valence-corrected chi connectivity index (χ1v) is 7.13. The predicted octanol–water partition coefficient (Wildman–Crippen LogP) is 4.03. The molecule has 1 fully saturated rings. The van der Waals surface area contributed by atoms with Crippen LogP contribution >= 0.6 is 15.9 Å². The van der Waals surface area contributed by atoms with Gasteiger partial charge in [-0.15, -0.1) is 0 Å². The SMILES string of the molecule is Fc1cc(NC2CCN(CC(F)(F)F)CC2)ccc1Br. The van der Waals surface area contributed by atoms with Gasteiger partial charge in [0.2, 0.25) is 0 Å². The molecule has 0 saturated carbocycles. The lowest BCUT2D eigenvalue weighted by Crippen LogP contribution is -2.43. The number of nitrogens with one attached hydrogen (secondary N) is 1. The summed E-state index contributed by atoms with van der Waals surface area (Å²) < 4.78 is 50.5. The molecule has 1 heterocycles. The van der Waals surface area contributed by atoms with Gasteiger partial charge in [0.25, 0.3) is 0 Å². The van der Waals surface area contributed by atoms with Crippen molar-refractivity contribution < 1.29 is 17.6 Å². The van der Waals surface area contributed by atoms with Crippen LogP contribution < -0.4 is 5.32 Å². The minimum atomic E-state index is -4.14. The van der Waals surface area contributed by atoms with Gasteiger partial charge in [-0.2, -0.15) is 13.2 Å². The normalized spacial score (nSPS) is 18.2. The lowest BCUT2D eigenvalue weighted by molar-refractivity contribution is -0.147. The van der Waals surface area contributed by atoms with Crippen molar-refractivity contribution in [1.29, 1.82) is 0 Å². The minimum Gasteiger partial charge on any atom is -0.382 e. The fourth-order valence-corrected chi connectivity index (χ4v) is 2.56. The standard InChI is InChI=1S/C13H15BrF4N2/c14-11-2-1-10(7-12(11)15)19-9-3-5-20(6-4-9)8-13(16,17)18/h1-2,7,9,19H,3-6,8H2. The Bertz CT molecular complexity index is 456. The number of hydrogen-bond acceptors (Lipinski definition) is 2. The Balaban J connectivity index is 1.83. The summed E-state index contributed by atoms with van der Waals surface area (Å²) in [7, 11) is 0. The average Bonchev–Trinajstić information content (AvgIpc) is 2.35. The number of halogens is 5. The van der Waals surface area contributed by atoms with Gasteiger partial charge in [0, 0.05) is 24.8 Å². The highest BCUT2D eigenvalue weighted by Crippen LogP contribution is 2.23. The Morgan fingerprint density at radius 1 is 1.25 bits per heavy atom. The van der Waals surface area contributed by atoms with Gasteiger partial charge in [0.05, 0.1) is 11.0 Å². The quantitative estimate of drug-likeness (QED) is 0.824. The Kier molecular flexibility index (Phi) is 4.90. The number of rotatable bonds is 3. The molecule has 7 heteroatoms. The molecule has 0 aliphatic carbocycles. The number of piperidine rings is 1. The maximum absolute atomic E-state index is 13.4. The van der Waals surface area contributed by atoms with E-state index >= 15 is 0 Å². The first kappa shape index (κ1) is 15.6. The van der Waals surface area contributed by atoms with Crippen LogP contribution in [0.5, 0.6) is 0 Å². The summed E-state index contributed by atoms with van der Waals surface area (Å²) in [6.07, 6.45) is -2.91. The fourth-order valence-electron chi connectivity index (χ4n) is 2.31. The summed E-state index contributed by atoms with van der Waals surface area (Å²) in [5.41, 5.74) is 0.653. The van der Waals surface area contributed by atoms with Crippen LogP contribution in [0.4, 0.5) is 23.2 Å². The van der Waals surface area contributed by atoms with Crippen LogP contribution in [-0.2, 0) is 0 Å². The van der Waals surface area contributed by atoms with E-state index in [0.717, 1.165) is 0 Å². The molecule has 0 unspecified atom stereocenters. The van der Waals surface area contributed by atoms with Gasteiger partial charge in [-0.3, -0.25) is 4.90 Å². The first-order chi connectivity index (χ1) is 9.33. The van der Waals surface area contributed by atoms with Crippen LogP contribution in [-0.4, -0.2) is 36.8 Å². The highest BCUT2D eigenvalue weighted by atomic mass is 79.9. The van der Waals surface area contributed by atoms with E-state index in [4.69, 9.17) is 0 Å². The van der Waals surface area contributed by atoms with Crippen LogP contribution in [0, 0.1) is 5.82 Å². The maximum Gasteiger partial charge on any atom is 0.401 e. The molecule has 1 N–H and O–H groups in total. The molecule has 0 spiro atoms. The van der Waals surface area contributed by atoms with Crippen LogP contribution in [0.3, 0.4) is 0 Å². The number of hydrogen-bond donors (Lipinski definition) is 1. The molecule has 1 aromatic carbocycles. The van der Waals surface area contributed by atoms with Gasteiger partial charge in [0.1, 0.15) is 5.82 Å². The number of nitrogens with zero attached hydrogens (tertiary/aromatic N) is 1.